The third-order valence-corrected chi connectivity index (χ3v) is 7.83. The van der Waals surface area contributed by atoms with Gasteiger partial charge in [-0.25, -0.2) is 0 Å². The molecule has 0 saturated carbocycles. The second kappa shape index (κ2) is 11.1. The van der Waals surface area contributed by atoms with Crippen molar-refractivity contribution in [3.63, 3.8) is 0 Å². The Morgan fingerprint density at radius 3 is 1.75 bits per heavy atom. The van der Waals surface area contributed by atoms with Crippen molar-refractivity contribution in [3.8, 4) is 11.5 Å². The van der Waals surface area contributed by atoms with Crippen molar-refractivity contribution in [1.82, 2.24) is 0 Å². The van der Waals surface area contributed by atoms with E-state index in [4.69, 9.17) is 9.47 Å². The zero-order valence-electron chi connectivity index (χ0n) is 18.0. The van der Waals surface area contributed by atoms with Crippen LogP contribution < -0.4 is 9.47 Å². The standard InChI is InChI=1S/C21H37BrO5P/c1-7-21(8-2,28(23,24)25)17-13-20(27-12-10-16(5)6)18(22)14-19(17)26-11-9-15(3)4/h13-16,23-25H,7-12H2,1-6H3/q+1. The number of halogens is 1. The van der Waals surface area contributed by atoms with E-state index < -0.39 is 13.1 Å². The summed E-state index contributed by atoms with van der Waals surface area (Å²) in [7, 11) is -4.18. The molecule has 0 aliphatic rings. The van der Waals surface area contributed by atoms with Crippen LogP contribution in [0.25, 0.3) is 0 Å². The lowest BCUT2D eigenvalue weighted by Gasteiger charge is -2.32. The minimum atomic E-state index is -4.18. The molecule has 0 aliphatic carbocycles. The lowest BCUT2D eigenvalue weighted by atomic mass is 9.91. The van der Waals surface area contributed by atoms with E-state index in [-0.39, 0.29) is 0 Å². The molecule has 1 rings (SSSR count). The van der Waals surface area contributed by atoms with Crippen LogP contribution in [0.2, 0.25) is 0 Å². The Labute approximate surface area is 179 Å². The molecule has 3 N–H and O–H groups in total. The predicted molar refractivity (Wildman–Crippen MR) is 120 cm³/mol. The van der Waals surface area contributed by atoms with Gasteiger partial charge in [-0.15, -0.1) is 0 Å². The summed E-state index contributed by atoms with van der Waals surface area (Å²) in [6.07, 6.45) is 2.54. The van der Waals surface area contributed by atoms with Crippen LogP contribution in [0.1, 0.15) is 72.8 Å². The Morgan fingerprint density at radius 2 is 1.36 bits per heavy atom. The van der Waals surface area contributed by atoms with Crippen LogP contribution >= 0.6 is 23.9 Å². The van der Waals surface area contributed by atoms with Crippen molar-refractivity contribution < 1.29 is 24.2 Å². The zero-order chi connectivity index (χ0) is 21.5. The second-order valence-electron chi connectivity index (χ2n) is 8.15. The van der Waals surface area contributed by atoms with E-state index in [1.165, 1.54) is 0 Å². The largest absolute Gasteiger partial charge is 0.493 e. The van der Waals surface area contributed by atoms with Gasteiger partial charge in [0.05, 0.1) is 17.7 Å². The molecule has 28 heavy (non-hydrogen) atoms. The smallest absolute Gasteiger partial charge is 0.414 e. The van der Waals surface area contributed by atoms with E-state index in [2.05, 4.69) is 43.6 Å². The van der Waals surface area contributed by atoms with Crippen LogP contribution in [0.5, 0.6) is 11.5 Å². The molecule has 0 amide bonds. The molecule has 0 heterocycles. The van der Waals surface area contributed by atoms with Crippen molar-refractivity contribution in [1.29, 1.82) is 0 Å². The van der Waals surface area contributed by atoms with Gasteiger partial charge in [-0.2, -0.15) is 14.7 Å². The van der Waals surface area contributed by atoms with Crippen LogP contribution in [0.15, 0.2) is 16.6 Å². The summed E-state index contributed by atoms with van der Waals surface area (Å²) in [4.78, 5) is 31.0. The Bertz CT molecular complexity index is 610. The van der Waals surface area contributed by atoms with E-state index in [0.29, 0.717) is 55.0 Å². The van der Waals surface area contributed by atoms with Gasteiger partial charge in [-0.3, -0.25) is 0 Å². The summed E-state index contributed by atoms with van der Waals surface area (Å²) in [5.41, 5.74) is 0.588. The van der Waals surface area contributed by atoms with Gasteiger partial charge in [-0.05, 0) is 65.6 Å². The van der Waals surface area contributed by atoms with Crippen LogP contribution in [-0.4, -0.2) is 27.9 Å². The maximum absolute atomic E-state index is 10.3. The molecule has 0 fully saturated rings. The number of hydrogen-bond acceptors (Lipinski definition) is 5. The molecule has 162 valence electrons. The molecule has 1 aromatic rings. The molecule has 0 aliphatic heterocycles. The van der Waals surface area contributed by atoms with Gasteiger partial charge in [0.15, 0.2) is 5.16 Å². The lowest BCUT2D eigenvalue weighted by Crippen LogP contribution is -2.29. The third-order valence-electron chi connectivity index (χ3n) is 5.19. The highest BCUT2D eigenvalue weighted by molar-refractivity contribution is 9.10. The summed E-state index contributed by atoms with van der Waals surface area (Å²) in [6, 6.07) is 3.61. The summed E-state index contributed by atoms with van der Waals surface area (Å²) in [5, 5.41) is -1.18. The topological polar surface area (TPSA) is 79.2 Å². The maximum Gasteiger partial charge on any atom is 0.414 e. The summed E-state index contributed by atoms with van der Waals surface area (Å²) < 4.78 is 12.7. The highest BCUT2D eigenvalue weighted by Crippen LogP contribution is 2.68. The highest BCUT2D eigenvalue weighted by atomic mass is 79.9. The van der Waals surface area contributed by atoms with Crippen molar-refractivity contribution >= 4 is 23.9 Å². The van der Waals surface area contributed by atoms with Crippen LogP contribution in [0.4, 0.5) is 0 Å². The minimum Gasteiger partial charge on any atom is -0.493 e. The molecule has 0 radical (unpaired) electrons. The van der Waals surface area contributed by atoms with Crippen molar-refractivity contribution in [2.24, 2.45) is 11.8 Å². The molecule has 0 saturated heterocycles. The first-order valence-electron chi connectivity index (χ1n) is 10.2. The average Bonchev–Trinajstić information content (AvgIpc) is 2.57. The molecular weight excluding hydrogens is 443 g/mol. The molecule has 0 unspecified atom stereocenters. The van der Waals surface area contributed by atoms with Gasteiger partial charge < -0.3 is 9.47 Å². The Balaban J connectivity index is 3.39. The van der Waals surface area contributed by atoms with Gasteiger partial charge in [0.1, 0.15) is 11.5 Å². The summed E-state index contributed by atoms with van der Waals surface area (Å²) in [6.45, 7) is 13.3. The third kappa shape index (κ3) is 6.56. The van der Waals surface area contributed by atoms with Gasteiger partial charge in [0, 0.05) is 5.56 Å². The molecule has 0 atom stereocenters. The number of hydrogen-bond donors (Lipinski definition) is 3. The number of benzene rings is 1. The molecule has 5 nitrogen and oxygen atoms in total. The first-order valence-corrected chi connectivity index (χ1v) is 12.6. The molecule has 0 bridgehead atoms. The normalized spacial score (nSPS) is 12.7. The zero-order valence-corrected chi connectivity index (χ0v) is 20.5. The van der Waals surface area contributed by atoms with Crippen molar-refractivity contribution in [2.45, 2.75) is 72.4 Å². The summed E-state index contributed by atoms with van der Waals surface area (Å²) in [5.74, 6) is 2.18. The minimum absolute atomic E-state index is 0.369. The van der Waals surface area contributed by atoms with Crippen molar-refractivity contribution in [2.75, 3.05) is 13.2 Å². The van der Waals surface area contributed by atoms with Crippen LogP contribution in [-0.2, 0) is 5.16 Å². The molecule has 0 aromatic heterocycles. The Kier molecular flexibility index (Phi) is 10.2. The second-order valence-corrected chi connectivity index (χ2v) is 11.0. The quantitative estimate of drug-likeness (QED) is 0.317. The fourth-order valence-corrected chi connectivity index (χ4v) is 4.94. The monoisotopic (exact) mass is 479 g/mol. The molecule has 0 spiro atoms. The molecule has 1 aromatic carbocycles. The SMILES string of the molecule is CCC(CC)(c1cc(OCCC(C)C)c(Br)cc1OCCC(C)C)[P+](O)(O)O. The Hall–Kier alpha value is -0.390. The van der Waals surface area contributed by atoms with Gasteiger partial charge in [0.25, 0.3) is 0 Å². The average molecular weight is 480 g/mol. The van der Waals surface area contributed by atoms with Crippen molar-refractivity contribution in [3.05, 3.63) is 22.2 Å². The van der Waals surface area contributed by atoms with E-state index >= 15 is 0 Å². The Morgan fingerprint density at radius 1 is 0.893 bits per heavy atom. The van der Waals surface area contributed by atoms with Gasteiger partial charge >= 0.3 is 7.94 Å². The predicted octanol–water partition coefficient (Wildman–Crippen LogP) is 6.05. The first kappa shape index (κ1) is 25.6. The van der Waals surface area contributed by atoms with E-state index in [9.17, 15) is 14.7 Å². The highest BCUT2D eigenvalue weighted by Gasteiger charge is 2.58. The van der Waals surface area contributed by atoms with E-state index in [1.54, 1.807) is 6.07 Å². The van der Waals surface area contributed by atoms with Gasteiger partial charge in [-0.1, -0.05) is 41.5 Å². The van der Waals surface area contributed by atoms with Gasteiger partial charge in [0.2, 0.25) is 0 Å². The van der Waals surface area contributed by atoms with Crippen LogP contribution in [0, 0.1) is 11.8 Å². The molecular formula is C21H37BrO5P+. The molecule has 7 heteroatoms. The first-order chi connectivity index (χ1) is 13.0. The van der Waals surface area contributed by atoms with E-state index in [1.807, 2.05) is 19.9 Å². The van der Waals surface area contributed by atoms with Crippen LogP contribution in [0.3, 0.4) is 0 Å². The number of rotatable bonds is 12. The fraction of sp³-hybridized carbons (Fsp3) is 0.714. The summed E-state index contributed by atoms with van der Waals surface area (Å²) >= 11 is 3.55. The maximum atomic E-state index is 10.3. The van der Waals surface area contributed by atoms with E-state index in [0.717, 1.165) is 17.3 Å². The number of ether oxygens (including phenoxy) is 2. The lowest BCUT2D eigenvalue weighted by molar-refractivity contribution is 0.254. The fourth-order valence-electron chi connectivity index (χ4n) is 3.15.